The van der Waals surface area contributed by atoms with Gasteiger partial charge in [0, 0.05) is 6.54 Å². The van der Waals surface area contributed by atoms with Crippen molar-refractivity contribution in [3.05, 3.63) is 45.3 Å². The molecule has 0 spiro atoms. The van der Waals surface area contributed by atoms with Crippen molar-refractivity contribution in [2.75, 3.05) is 6.54 Å². The molecule has 0 atom stereocenters. The van der Waals surface area contributed by atoms with Gasteiger partial charge in [0.25, 0.3) is 0 Å². The number of aromatic nitrogens is 2. The first kappa shape index (κ1) is 14.3. The third-order valence-electron chi connectivity index (χ3n) is 3.47. The molecule has 6 nitrogen and oxygen atoms in total. The van der Waals surface area contributed by atoms with Gasteiger partial charge in [-0.1, -0.05) is 25.1 Å². The van der Waals surface area contributed by atoms with E-state index in [2.05, 4.69) is 75.9 Å². The Hall–Kier alpha value is -1.61. The second kappa shape index (κ2) is 6.02. The summed E-state index contributed by atoms with van der Waals surface area (Å²) in [5.74, 6) is 0.863. The quantitative estimate of drug-likeness (QED) is 0.777. The summed E-state index contributed by atoms with van der Waals surface area (Å²) < 4.78 is 3.03. The maximum Gasteiger partial charge on any atom is 0.177 e. The van der Waals surface area contributed by atoms with Crippen molar-refractivity contribution in [2.24, 2.45) is 5.10 Å². The first-order chi connectivity index (χ1) is 10.3. The standard InChI is InChI=1S/C14H17IN6/c1-3-10-7-5-6-8-12(10)21-13(15)11(9-16-21)14-17-18-19-20(14)4-2/h5-9,18-19H,3-4H2,1-2H3. The molecule has 0 radical (unpaired) electrons. The Bertz CT molecular complexity index is 678. The minimum Gasteiger partial charge on any atom is -0.271 e. The summed E-state index contributed by atoms with van der Waals surface area (Å²) in [7, 11) is 0. The molecule has 0 unspecified atom stereocenters. The molecule has 0 saturated carbocycles. The van der Waals surface area contributed by atoms with E-state index in [-0.39, 0.29) is 0 Å². The summed E-state index contributed by atoms with van der Waals surface area (Å²) in [4.78, 5) is 0. The molecule has 0 saturated heterocycles. The summed E-state index contributed by atoms with van der Waals surface area (Å²) in [6, 6.07) is 8.34. The molecule has 2 heterocycles. The van der Waals surface area contributed by atoms with Gasteiger partial charge in [0.15, 0.2) is 5.84 Å². The molecule has 1 aromatic heterocycles. The minimum absolute atomic E-state index is 0.818. The normalized spacial score (nSPS) is 14.2. The van der Waals surface area contributed by atoms with E-state index in [4.69, 9.17) is 0 Å². The van der Waals surface area contributed by atoms with Crippen LogP contribution in [0.5, 0.6) is 0 Å². The van der Waals surface area contributed by atoms with Gasteiger partial charge in [-0.05, 0) is 47.6 Å². The molecule has 110 valence electrons. The van der Waals surface area contributed by atoms with Crippen LogP contribution in [0.25, 0.3) is 5.69 Å². The highest BCUT2D eigenvalue weighted by molar-refractivity contribution is 14.1. The Morgan fingerprint density at radius 3 is 2.81 bits per heavy atom. The average Bonchev–Trinajstić information content (AvgIpc) is 3.13. The molecule has 21 heavy (non-hydrogen) atoms. The fraction of sp³-hybridized carbons (Fsp3) is 0.286. The molecular formula is C14H17IN6. The number of hydrogen-bond donors (Lipinski definition) is 2. The fourth-order valence-electron chi connectivity index (χ4n) is 2.35. The lowest BCUT2D eigenvalue weighted by molar-refractivity contribution is 0.308. The summed E-state index contributed by atoms with van der Waals surface area (Å²) in [6.07, 6.45) is 2.84. The van der Waals surface area contributed by atoms with Gasteiger partial charge in [0.2, 0.25) is 0 Å². The molecule has 1 aliphatic rings. The maximum atomic E-state index is 4.55. The van der Waals surface area contributed by atoms with Crippen LogP contribution in [-0.2, 0) is 6.42 Å². The number of amidine groups is 1. The highest BCUT2D eigenvalue weighted by atomic mass is 127. The van der Waals surface area contributed by atoms with Gasteiger partial charge in [-0.3, -0.25) is 5.01 Å². The minimum atomic E-state index is 0.818. The van der Waals surface area contributed by atoms with Crippen molar-refractivity contribution in [2.45, 2.75) is 20.3 Å². The number of halogens is 1. The fourth-order valence-corrected chi connectivity index (χ4v) is 3.12. The number of nitrogens with zero attached hydrogens (tertiary/aromatic N) is 4. The van der Waals surface area contributed by atoms with Crippen molar-refractivity contribution in [3.63, 3.8) is 0 Å². The zero-order valence-corrected chi connectivity index (χ0v) is 14.1. The summed E-state index contributed by atoms with van der Waals surface area (Å²) in [5, 5.41) is 10.8. The lowest BCUT2D eigenvalue weighted by atomic mass is 10.1. The van der Waals surface area contributed by atoms with Gasteiger partial charge in [-0.2, -0.15) is 5.10 Å². The number of aryl methyl sites for hydroxylation is 1. The molecule has 0 bridgehead atoms. The number of para-hydroxylation sites is 1. The van der Waals surface area contributed by atoms with Crippen LogP contribution in [0.1, 0.15) is 25.0 Å². The number of hydrazone groups is 1. The lowest BCUT2D eigenvalue weighted by Crippen LogP contribution is -2.41. The highest BCUT2D eigenvalue weighted by Gasteiger charge is 2.23. The van der Waals surface area contributed by atoms with Gasteiger partial charge < -0.3 is 0 Å². The van der Waals surface area contributed by atoms with Gasteiger partial charge in [0.05, 0.1) is 17.4 Å². The maximum absolute atomic E-state index is 4.55. The van der Waals surface area contributed by atoms with Crippen molar-refractivity contribution in [1.82, 2.24) is 25.9 Å². The van der Waals surface area contributed by atoms with Crippen molar-refractivity contribution < 1.29 is 0 Å². The molecule has 0 aliphatic carbocycles. The highest BCUT2D eigenvalue weighted by Crippen LogP contribution is 2.22. The molecule has 2 aromatic rings. The third-order valence-corrected chi connectivity index (χ3v) is 4.51. The Morgan fingerprint density at radius 1 is 1.24 bits per heavy atom. The Morgan fingerprint density at radius 2 is 2.05 bits per heavy atom. The van der Waals surface area contributed by atoms with Gasteiger partial charge >= 0.3 is 0 Å². The van der Waals surface area contributed by atoms with E-state index in [9.17, 15) is 0 Å². The van der Waals surface area contributed by atoms with Crippen LogP contribution in [0, 0.1) is 3.70 Å². The van der Waals surface area contributed by atoms with Crippen LogP contribution in [0.2, 0.25) is 0 Å². The zero-order chi connectivity index (χ0) is 14.8. The van der Waals surface area contributed by atoms with E-state index in [1.165, 1.54) is 5.56 Å². The summed E-state index contributed by atoms with van der Waals surface area (Å²) >= 11 is 2.33. The molecule has 3 rings (SSSR count). The molecule has 0 fully saturated rings. The van der Waals surface area contributed by atoms with Crippen LogP contribution < -0.4 is 11.1 Å². The average molecular weight is 396 g/mol. The second-order valence-electron chi connectivity index (χ2n) is 4.65. The number of hydrogen-bond acceptors (Lipinski definition) is 5. The summed E-state index contributed by atoms with van der Waals surface area (Å²) in [6.45, 7) is 5.04. The third kappa shape index (κ3) is 2.51. The molecule has 1 aliphatic heterocycles. The Balaban J connectivity index is 2.04. The number of rotatable bonds is 4. The van der Waals surface area contributed by atoms with Gasteiger partial charge in [0.1, 0.15) is 3.70 Å². The largest absolute Gasteiger partial charge is 0.271 e. The lowest BCUT2D eigenvalue weighted by Gasteiger charge is -2.15. The van der Waals surface area contributed by atoms with Crippen LogP contribution in [0.15, 0.2) is 35.6 Å². The van der Waals surface area contributed by atoms with Gasteiger partial charge in [-0.25, -0.2) is 10.2 Å². The topological polar surface area (TPSA) is 57.5 Å². The van der Waals surface area contributed by atoms with E-state index in [1.807, 2.05) is 22.0 Å². The Kier molecular flexibility index (Phi) is 4.11. The number of benzene rings is 1. The van der Waals surface area contributed by atoms with Crippen molar-refractivity contribution in [1.29, 1.82) is 0 Å². The summed E-state index contributed by atoms with van der Waals surface area (Å²) in [5.41, 5.74) is 9.20. The Labute approximate surface area is 137 Å². The predicted octanol–water partition coefficient (Wildman–Crippen LogP) is 2.05. The monoisotopic (exact) mass is 396 g/mol. The first-order valence-electron chi connectivity index (χ1n) is 6.94. The van der Waals surface area contributed by atoms with Crippen molar-refractivity contribution >= 4 is 28.4 Å². The molecule has 1 aromatic carbocycles. The second-order valence-corrected chi connectivity index (χ2v) is 5.67. The first-order valence-corrected chi connectivity index (χ1v) is 8.02. The molecular weight excluding hydrogens is 379 g/mol. The van der Waals surface area contributed by atoms with E-state index >= 15 is 0 Å². The zero-order valence-electron chi connectivity index (χ0n) is 12.0. The number of hydrazine groups is 2. The van der Waals surface area contributed by atoms with Crippen LogP contribution >= 0.6 is 22.6 Å². The molecule has 7 heteroatoms. The van der Waals surface area contributed by atoms with Crippen LogP contribution in [-0.4, -0.2) is 27.2 Å². The van der Waals surface area contributed by atoms with Gasteiger partial charge in [-0.15, -0.1) is 10.6 Å². The van der Waals surface area contributed by atoms with Crippen LogP contribution in [0.3, 0.4) is 0 Å². The number of nitrogens with one attached hydrogen (secondary N) is 2. The van der Waals surface area contributed by atoms with E-state index in [0.29, 0.717) is 0 Å². The van der Waals surface area contributed by atoms with E-state index < -0.39 is 0 Å². The smallest absolute Gasteiger partial charge is 0.177 e. The van der Waals surface area contributed by atoms with E-state index in [0.717, 1.165) is 33.8 Å². The predicted molar refractivity (Wildman–Crippen MR) is 90.8 cm³/mol. The molecule has 2 N–H and O–H groups in total. The van der Waals surface area contributed by atoms with Crippen molar-refractivity contribution in [3.8, 4) is 5.69 Å². The SMILES string of the molecule is CCc1ccccc1-n1ncc(C2=NNNN2CC)c1I. The molecule has 0 amide bonds. The van der Waals surface area contributed by atoms with Crippen LogP contribution in [0.4, 0.5) is 0 Å². The van der Waals surface area contributed by atoms with E-state index in [1.54, 1.807) is 0 Å².